The average Bonchev–Trinajstić information content (AvgIpc) is 2.83. The lowest BCUT2D eigenvalue weighted by Gasteiger charge is -2.31. The summed E-state index contributed by atoms with van der Waals surface area (Å²) in [5, 5.41) is 5.11. The molecule has 1 fully saturated rings. The molecule has 0 saturated heterocycles. The summed E-state index contributed by atoms with van der Waals surface area (Å²) >= 11 is 11.8. The number of ether oxygens (including phenoxy) is 1. The fraction of sp³-hybridized carbons (Fsp3) is 0.375. The number of amides is 1. The summed E-state index contributed by atoms with van der Waals surface area (Å²) in [6, 6.07) is 4.88. The highest BCUT2D eigenvalue weighted by Crippen LogP contribution is 2.40. The number of hydrogen-bond acceptors (Lipinski definition) is 3. The highest BCUT2D eigenvalue weighted by molar-refractivity contribution is 6.35. The molecule has 2 aliphatic carbocycles. The fourth-order valence-electron chi connectivity index (χ4n) is 2.70. The molecule has 2 aliphatic rings. The molecule has 1 N–H and O–H groups in total. The van der Waals surface area contributed by atoms with Gasteiger partial charge >= 0.3 is 0 Å². The molecule has 1 amide bonds. The van der Waals surface area contributed by atoms with Crippen LogP contribution in [-0.4, -0.2) is 17.7 Å². The van der Waals surface area contributed by atoms with E-state index in [0.29, 0.717) is 27.6 Å². The van der Waals surface area contributed by atoms with Gasteiger partial charge in [0.25, 0.3) is 5.91 Å². The number of hydrogen-bond donors (Lipinski definition) is 1. The first-order chi connectivity index (χ1) is 10.5. The molecule has 0 aliphatic heterocycles. The second-order valence-electron chi connectivity index (χ2n) is 5.55. The van der Waals surface area contributed by atoms with Crippen LogP contribution in [0.5, 0.6) is 5.75 Å². The Morgan fingerprint density at radius 2 is 2.27 bits per heavy atom. The molecule has 0 bridgehead atoms. The van der Waals surface area contributed by atoms with Crippen LogP contribution in [0.25, 0.3) is 0 Å². The first kappa shape index (κ1) is 15.4. The molecule has 0 radical (unpaired) electrons. The Kier molecular flexibility index (Phi) is 4.41. The van der Waals surface area contributed by atoms with Crippen LogP contribution in [0.2, 0.25) is 10.0 Å². The van der Waals surface area contributed by atoms with Crippen molar-refractivity contribution in [2.24, 2.45) is 16.9 Å². The number of carbonyl (C=O) groups excluding carboxylic acids is 1. The molecular formula is C16H16Cl2N2O2. The number of benzene rings is 1. The zero-order valence-electron chi connectivity index (χ0n) is 12.1. The summed E-state index contributed by atoms with van der Waals surface area (Å²) in [5.41, 5.74) is 3.63. The van der Waals surface area contributed by atoms with Crippen LogP contribution in [0.1, 0.15) is 19.8 Å². The van der Waals surface area contributed by atoms with Crippen molar-refractivity contribution in [2.75, 3.05) is 0 Å². The van der Waals surface area contributed by atoms with Gasteiger partial charge in [0.05, 0.1) is 5.02 Å². The van der Waals surface area contributed by atoms with Crippen molar-refractivity contribution >= 4 is 34.8 Å². The Morgan fingerprint density at radius 3 is 3.00 bits per heavy atom. The first-order valence-corrected chi connectivity index (χ1v) is 7.95. The van der Waals surface area contributed by atoms with Gasteiger partial charge in [-0.2, -0.15) is 5.10 Å². The van der Waals surface area contributed by atoms with Gasteiger partial charge in [-0.05, 0) is 43.9 Å². The quantitative estimate of drug-likeness (QED) is 0.670. The highest BCUT2D eigenvalue weighted by atomic mass is 35.5. The van der Waals surface area contributed by atoms with Crippen LogP contribution in [0.15, 0.2) is 35.5 Å². The Balaban J connectivity index is 1.55. The van der Waals surface area contributed by atoms with E-state index in [9.17, 15) is 4.79 Å². The lowest BCUT2D eigenvalue weighted by Crippen LogP contribution is -2.38. The van der Waals surface area contributed by atoms with E-state index in [0.717, 1.165) is 18.6 Å². The standard InChI is InChI=1S/C16H16Cl2N2O2/c1-9(22-15-6-5-11(17)8-13(15)18)16(21)20-19-14-7-10-3-2-4-12(10)14/h2-3,5-6,8-10,12H,4,7H2,1H3,(H,20,21)/b19-14+/t9-,10-,12+/m0/s1. The van der Waals surface area contributed by atoms with Crippen molar-refractivity contribution < 1.29 is 9.53 Å². The molecular weight excluding hydrogens is 323 g/mol. The predicted molar refractivity (Wildman–Crippen MR) is 87.5 cm³/mol. The minimum atomic E-state index is -0.694. The number of halogens is 2. The maximum Gasteiger partial charge on any atom is 0.280 e. The van der Waals surface area contributed by atoms with Crippen LogP contribution in [0, 0.1) is 11.8 Å². The van der Waals surface area contributed by atoms with E-state index in [-0.39, 0.29) is 5.91 Å². The van der Waals surface area contributed by atoms with Gasteiger partial charge in [0, 0.05) is 16.7 Å². The van der Waals surface area contributed by atoms with Gasteiger partial charge in [-0.25, -0.2) is 5.43 Å². The van der Waals surface area contributed by atoms with Crippen LogP contribution in [0.4, 0.5) is 0 Å². The molecule has 6 heteroatoms. The fourth-order valence-corrected chi connectivity index (χ4v) is 3.15. The van der Waals surface area contributed by atoms with Crippen molar-refractivity contribution in [1.29, 1.82) is 0 Å². The molecule has 0 heterocycles. The maximum absolute atomic E-state index is 12.0. The Bertz CT molecular complexity index is 658. The third kappa shape index (κ3) is 3.13. The summed E-state index contributed by atoms with van der Waals surface area (Å²) in [7, 11) is 0. The van der Waals surface area contributed by atoms with Crippen molar-refractivity contribution in [3.63, 3.8) is 0 Å². The largest absolute Gasteiger partial charge is 0.479 e. The molecule has 3 rings (SSSR count). The van der Waals surface area contributed by atoms with E-state index in [4.69, 9.17) is 27.9 Å². The number of rotatable bonds is 4. The van der Waals surface area contributed by atoms with Crippen molar-refractivity contribution in [2.45, 2.75) is 25.9 Å². The van der Waals surface area contributed by atoms with E-state index in [1.807, 2.05) is 0 Å². The summed E-state index contributed by atoms with van der Waals surface area (Å²) in [4.78, 5) is 12.0. The summed E-state index contributed by atoms with van der Waals surface area (Å²) in [5.74, 6) is 1.21. The van der Waals surface area contributed by atoms with Crippen molar-refractivity contribution in [3.8, 4) is 5.75 Å². The number of nitrogens with one attached hydrogen (secondary N) is 1. The summed E-state index contributed by atoms with van der Waals surface area (Å²) < 4.78 is 5.55. The van der Waals surface area contributed by atoms with E-state index < -0.39 is 6.10 Å². The van der Waals surface area contributed by atoms with E-state index >= 15 is 0 Å². The average molecular weight is 339 g/mol. The first-order valence-electron chi connectivity index (χ1n) is 7.19. The molecule has 116 valence electrons. The number of nitrogens with zero attached hydrogens (tertiary/aromatic N) is 1. The monoisotopic (exact) mass is 338 g/mol. The zero-order chi connectivity index (χ0) is 15.7. The Labute approximate surface area is 139 Å². The molecule has 0 spiro atoms. The predicted octanol–water partition coefficient (Wildman–Crippen LogP) is 3.83. The SMILES string of the molecule is C[C@H](Oc1ccc(Cl)cc1Cl)C(=O)N/N=C1\C[C@@H]2C=CC[C@@H]12. The van der Waals surface area contributed by atoms with Crippen molar-refractivity contribution in [3.05, 3.63) is 40.4 Å². The van der Waals surface area contributed by atoms with Gasteiger partial charge in [-0.15, -0.1) is 0 Å². The number of allylic oxidation sites excluding steroid dienone is 2. The normalized spacial score (nSPS) is 25.5. The zero-order valence-corrected chi connectivity index (χ0v) is 13.6. The number of fused-ring (bicyclic) bond motifs is 1. The van der Waals surface area contributed by atoms with Crippen LogP contribution in [-0.2, 0) is 4.79 Å². The van der Waals surface area contributed by atoms with E-state index in [2.05, 4.69) is 22.7 Å². The molecule has 3 atom stereocenters. The second-order valence-corrected chi connectivity index (χ2v) is 6.40. The molecule has 0 aromatic heterocycles. The topological polar surface area (TPSA) is 50.7 Å². The molecule has 1 aromatic carbocycles. The van der Waals surface area contributed by atoms with Gasteiger partial charge in [0.2, 0.25) is 0 Å². The van der Waals surface area contributed by atoms with Gasteiger partial charge < -0.3 is 4.74 Å². The van der Waals surface area contributed by atoms with Crippen LogP contribution >= 0.6 is 23.2 Å². The third-order valence-electron chi connectivity index (χ3n) is 4.04. The number of hydrazone groups is 1. The molecule has 22 heavy (non-hydrogen) atoms. The highest BCUT2D eigenvalue weighted by Gasteiger charge is 2.38. The van der Waals surface area contributed by atoms with Crippen LogP contribution in [0.3, 0.4) is 0 Å². The summed E-state index contributed by atoms with van der Waals surface area (Å²) in [6.07, 6.45) is 5.65. The van der Waals surface area contributed by atoms with E-state index in [1.54, 1.807) is 25.1 Å². The van der Waals surface area contributed by atoms with Gasteiger partial charge in [0.1, 0.15) is 5.75 Å². The lowest BCUT2D eigenvalue weighted by atomic mass is 9.74. The Morgan fingerprint density at radius 1 is 1.45 bits per heavy atom. The third-order valence-corrected chi connectivity index (χ3v) is 4.57. The number of carbonyl (C=O) groups is 1. The Hall–Kier alpha value is -1.52. The maximum atomic E-state index is 12.0. The van der Waals surface area contributed by atoms with Gasteiger partial charge in [-0.1, -0.05) is 35.4 Å². The minimum absolute atomic E-state index is 0.298. The second kappa shape index (κ2) is 6.31. The minimum Gasteiger partial charge on any atom is -0.479 e. The lowest BCUT2D eigenvalue weighted by molar-refractivity contribution is -0.127. The van der Waals surface area contributed by atoms with E-state index in [1.165, 1.54) is 0 Å². The smallest absolute Gasteiger partial charge is 0.280 e. The molecule has 1 saturated carbocycles. The van der Waals surface area contributed by atoms with Crippen molar-refractivity contribution in [1.82, 2.24) is 5.43 Å². The molecule has 4 nitrogen and oxygen atoms in total. The van der Waals surface area contributed by atoms with Gasteiger partial charge in [0.15, 0.2) is 6.10 Å². The van der Waals surface area contributed by atoms with Crippen LogP contribution < -0.4 is 10.2 Å². The molecule has 0 unspecified atom stereocenters. The van der Waals surface area contributed by atoms with Gasteiger partial charge in [-0.3, -0.25) is 4.79 Å². The molecule has 1 aromatic rings. The summed E-state index contributed by atoms with van der Waals surface area (Å²) in [6.45, 7) is 1.65.